The maximum atomic E-state index is 12.5. The lowest BCUT2D eigenvalue weighted by Gasteiger charge is -2.12. The van der Waals surface area contributed by atoms with E-state index in [9.17, 15) is 4.79 Å². The van der Waals surface area contributed by atoms with Gasteiger partial charge in [0.2, 0.25) is 5.75 Å². The number of aromatic amines is 1. The van der Waals surface area contributed by atoms with Gasteiger partial charge >= 0.3 is 0 Å². The second-order valence-corrected chi connectivity index (χ2v) is 5.73. The zero-order chi connectivity index (χ0) is 20.1. The van der Waals surface area contributed by atoms with Gasteiger partial charge < -0.3 is 23.9 Å². The maximum absolute atomic E-state index is 12.5. The molecule has 1 aromatic heterocycles. The summed E-state index contributed by atoms with van der Waals surface area (Å²) in [5.41, 5.74) is 4.24. The predicted octanol–water partition coefficient (Wildman–Crippen LogP) is 2.97. The molecule has 0 radical (unpaired) electrons. The van der Waals surface area contributed by atoms with E-state index >= 15 is 0 Å². The van der Waals surface area contributed by atoms with Gasteiger partial charge in [-0.25, -0.2) is 5.43 Å². The van der Waals surface area contributed by atoms with Gasteiger partial charge in [0, 0.05) is 17.0 Å². The Kier molecular flexibility index (Phi) is 5.69. The summed E-state index contributed by atoms with van der Waals surface area (Å²) in [5.74, 6) is 1.69. The lowest BCUT2D eigenvalue weighted by atomic mass is 10.2. The number of carbonyl (C=O) groups excluding carboxylic acids is 1. The third-order valence-corrected chi connectivity index (χ3v) is 4.18. The number of methoxy groups -OCH3 is 4. The first-order valence-corrected chi connectivity index (χ1v) is 8.41. The van der Waals surface area contributed by atoms with Crippen molar-refractivity contribution in [1.82, 2.24) is 10.4 Å². The van der Waals surface area contributed by atoms with Crippen LogP contribution in [0.5, 0.6) is 23.0 Å². The van der Waals surface area contributed by atoms with Crippen LogP contribution in [0.2, 0.25) is 0 Å². The van der Waals surface area contributed by atoms with Gasteiger partial charge in [0.15, 0.2) is 11.5 Å². The van der Waals surface area contributed by atoms with E-state index in [0.717, 1.165) is 5.56 Å². The summed E-state index contributed by atoms with van der Waals surface area (Å²) >= 11 is 0. The van der Waals surface area contributed by atoms with Crippen molar-refractivity contribution < 1.29 is 23.7 Å². The summed E-state index contributed by atoms with van der Waals surface area (Å²) in [6, 6.07) is 10.8. The highest BCUT2D eigenvalue weighted by atomic mass is 16.5. The quantitative estimate of drug-likeness (QED) is 0.483. The minimum absolute atomic E-state index is 0.320. The summed E-state index contributed by atoms with van der Waals surface area (Å²) in [5, 5.41) is 4.70. The van der Waals surface area contributed by atoms with Gasteiger partial charge in [-0.1, -0.05) is 12.1 Å². The first-order chi connectivity index (χ1) is 13.6. The Hall–Kier alpha value is -3.68. The van der Waals surface area contributed by atoms with E-state index in [4.69, 9.17) is 18.9 Å². The Morgan fingerprint density at radius 1 is 0.964 bits per heavy atom. The largest absolute Gasteiger partial charge is 0.496 e. The number of nitrogens with one attached hydrogen (secondary N) is 2. The van der Waals surface area contributed by atoms with Crippen molar-refractivity contribution in [2.45, 2.75) is 0 Å². The first-order valence-electron chi connectivity index (χ1n) is 8.41. The number of nitrogens with zero attached hydrogens (tertiary/aromatic N) is 1. The minimum atomic E-state index is -0.401. The van der Waals surface area contributed by atoms with Gasteiger partial charge in [-0.05, 0) is 18.2 Å². The van der Waals surface area contributed by atoms with E-state index in [2.05, 4.69) is 15.5 Å². The number of hydrogen-bond donors (Lipinski definition) is 2. The molecule has 0 aliphatic rings. The fourth-order valence-corrected chi connectivity index (χ4v) is 2.87. The van der Waals surface area contributed by atoms with Gasteiger partial charge in [-0.2, -0.15) is 5.10 Å². The van der Waals surface area contributed by atoms with E-state index in [1.807, 2.05) is 24.3 Å². The second kappa shape index (κ2) is 8.34. The standard InChI is InChI=1S/C20H21N3O5/c1-25-16-8-6-5-7-12(16)11-21-23-20(24)15-9-13-14(22-15)10-17(26-2)19(28-4)18(13)27-3/h5-11,22H,1-4H3,(H,23,24)/b21-11-. The fourth-order valence-electron chi connectivity index (χ4n) is 2.87. The van der Waals surface area contributed by atoms with E-state index in [1.165, 1.54) is 27.5 Å². The molecule has 3 aromatic rings. The molecule has 28 heavy (non-hydrogen) atoms. The van der Waals surface area contributed by atoms with Crippen molar-refractivity contribution in [3.05, 3.63) is 47.7 Å². The van der Waals surface area contributed by atoms with Crippen LogP contribution in [0.15, 0.2) is 41.5 Å². The number of H-pyrrole nitrogens is 1. The van der Waals surface area contributed by atoms with Crippen molar-refractivity contribution in [3.63, 3.8) is 0 Å². The normalized spacial score (nSPS) is 10.9. The van der Waals surface area contributed by atoms with Gasteiger partial charge in [0.05, 0.1) is 40.2 Å². The molecule has 8 heteroatoms. The zero-order valence-electron chi connectivity index (χ0n) is 16.0. The predicted molar refractivity (Wildman–Crippen MR) is 106 cm³/mol. The lowest BCUT2D eigenvalue weighted by Crippen LogP contribution is -2.17. The monoisotopic (exact) mass is 383 g/mol. The van der Waals surface area contributed by atoms with E-state index in [-0.39, 0.29) is 0 Å². The van der Waals surface area contributed by atoms with Crippen molar-refractivity contribution in [2.75, 3.05) is 28.4 Å². The first kappa shape index (κ1) is 19.1. The summed E-state index contributed by atoms with van der Waals surface area (Å²) in [6.07, 6.45) is 1.52. The smallest absolute Gasteiger partial charge is 0.287 e. The highest BCUT2D eigenvalue weighted by Crippen LogP contribution is 2.43. The maximum Gasteiger partial charge on any atom is 0.287 e. The van der Waals surface area contributed by atoms with Crippen LogP contribution in [0.25, 0.3) is 10.9 Å². The number of para-hydroxylation sites is 1. The van der Waals surface area contributed by atoms with Crippen molar-refractivity contribution >= 4 is 23.0 Å². The molecule has 2 N–H and O–H groups in total. The summed E-state index contributed by atoms with van der Waals surface area (Å²) in [7, 11) is 6.16. The topological polar surface area (TPSA) is 94.2 Å². The van der Waals surface area contributed by atoms with Gasteiger partial charge in [0.25, 0.3) is 5.91 Å². The Balaban J connectivity index is 1.87. The molecule has 1 heterocycles. The molecule has 2 aromatic carbocycles. The Morgan fingerprint density at radius 2 is 1.68 bits per heavy atom. The Morgan fingerprint density at radius 3 is 2.36 bits per heavy atom. The van der Waals surface area contributed by atoms with Crippen LogP contribution in [0.4, 0.5) is 0 Å². The number of ether oxygens (including phenoxy) is 4. The number of aromatic nitrogens is 1. The van der Waals surface area contributed by atoms with Crippen LogP contribution < -0.4 is 24.4 Å². The van der Waals surface area contributed by atoms with Gasteiger partial charge in [0.1, 0.15) is 11.4 Å². The highest BCUT2D eigenvalue weighted by molar-refractivity contribution is 6.01. The van der Waals surface area contributed by atoms with Crippen LogP contribution in [0.3, 0.4) is 0 Å². The van der Waals surface area contributed by atoms with Gasteiger partial charge in [-0.15, -0.1) is 0 Å². The third-order valence-electron chi connectivity index (χ3n) is 4.18. The van der Waals surface area contributed by atoms with E-state index < -0.39 is 5.91 Å². The lowest BCUT2D eigenvalue weighted by molar-refractivity contribution is 0.0951. The number of fused-ring (bicyclic) bond motifs is 1. The molecule has 1 amide bonds. The van der Waals surface area contributed by atoms with Crippen LogP contribution >= 0.6 is 0 Å². The molecule has 8 nitrogen and oxygen atoms in total. The van der Waals surface area contributed by atoms with E-state index in [0.29, 0.717) is 39.6 Å². The van der Waals surface area contributed by atoms with Crippen molar-refractivity contribution in [3.8, 4) is 23.0 Å². The number of hydrazone groups is 1. The molecule has 0 saturated heterocycles. The second-order valence-electron chi connectivity index (χ2n) is 5.73. The molecule has 146 valence electrons. The molecule has 0 fully saturated rings. The summed E-state index contributed by atoms with van der Waals surface area (Å²) in [4.78, 5) is 15.5. The number of amides is 1. The summed E-state index contributed by atoms with van der Waals surface area (Å²) < 4.78 is 21.4. The number of hydrogen-bond acceptors (Lipinski definition) is 6. The van der Waals surface area contributed by atoms with Gasteiger partial charge in [-0.3, -0.25) is 4.79 Å². The SMILES string of the molecule is COc1ccccc1/C=N\NC(=O)c1cc2c(OC)c(OC)c(OC)cc2[nH]1. The molecule has 0 spiro atoms. The fraction of sp³-hybridized carbons (Fsp3) is 0.200. The van der Waals surface area contributed by atoms with Crippen LogP contribution in [-0.2, 0) is 0 Å². The Bertz CT molecular complexity index is 1030. The molecule has 3 rings (SSSR count). The molecule has 0 bridgehead atoms. The number of carbonyl (C=O) groups is 1. The van der Waals surface area contributed by atoms with Crippen molar-refractivity contribution in [1.29, 1.82) is 0 Å². The zero-order valence-corrected chi connectivity index (χ0v) is 16.0. The Labute approximate surface area is 162 Å². The summed E-state index contributed by atoms with van der Waals surface area (Å²) in [6.45, 7) is 0. The number of rotatable bonds is 7. The molecule has 0 atom stereocenters. The molecule has 0 unspecified atom stereocenters. The number of benzene rings is 2. The van der Waals surface area contributed by atoms with Crippen LogP contribution in [-0.4, -0.2) is 45.5 Å². The molecule has 0 aliphatic carbocycles. The van der Waals surface area contributed by atoms with Crippen LogP contribution in [0.1, 0.15) is 16.1 Å². The van der Waals surface area contributed by atoms with Crippen molar-refractivity contribution in [2.24, 2.45) is 5.10 Å². The highest BCUT2D eigenvalue weighted by Gasteiger charge is 2.19. The molecular formula is C20H21N3O5. The van der Waals surface area contributed by atoms with E-state index in [1.54, 1.807) is 19.2 Å². The third kappa shape index (κ3) is 3.57. The minimum Gasteiger partial charge on any atom is -0.496 e. The average Bonchev–Trinajstić information content (AvgIpc) is 3.16. The average molecular weight is 383 g/mol. The molecule has 0 aliphatic heterocycles. The molecular weight excluding hydrogens is 362 g/mol. The molecule has 0 saturated carbocycles. The van der Waals surface area contributed by atoms with Crippen LogP contribution in [0, 0.1) is 0 Å².